The number of rotatable bonds is 7. The number of ether oxygens (including phenoxy) is 1. The minimum absolute atomic E-state index is 0.302. The molecule has 2 aromatic carbocycles. The molecule has 0 radical (unpaired) electrons. The summed E-state index contributed by atoms with van der Waals surface area (Å²) in [6, 6.07) is 17.6. The Labute approximate surface area is 179 Å². The van der Waals surface area contributed by atoms with E-state index in [9.17, 15) is 13.2 Å². The highest BCUT2D eigenvalue weighted by Crippen LogP contribution is 2.26. The molecule has 0 saturated carbocycles. The number of carbonyl (C=O) groups excluding carboxylic acids is 1. The average molecular weight is 431 g/mol. The fraction of sp³-hybridized carbons (Fsp3) is 0.435. The first-order valence-electron chi connectivity index (χ1n) is 10.4. The van der Waals surface area contributed by atoms with Crippen molar-refractivity contribution in [3.05, 3.63) is 60.2 Å². The molecule has 0 aromatic heterocycles. The number of benzene rings is 2. The zero-order valence-electron chi connectivity index (χ0n) is 17.6. The van der Waals surface area contributed by atoms with Crippen LogP contribution in [-0.2, 0) is 21.2 Å². The molecule has 6 nitrogen and oxygen atoms in total. The van der Waals surface area contributed by atoms with Gasteiger partial charge in [0, 0.05) is 12.6 Å². The van der Waals surface area contributed by atoms with E-state index in [4.69, 9.17) is 4.74 Å². The Kier molecular flexibility index (Phi) is 7.50. The van der Waals surface area contributed by atoms with Gasteiger partial charge in [0.25, 0.3) is 0 Å². The molecule has 1 saturated heterocycles. The summed E-state index contributed by atoms with van der Waals surface area (Å²) in [6.07, 6.45) is 3.50. The SMILES string of the molecule is CCCOC(=O)N1CCCC(NS(C)(=O)=O)C1Cc1cccc(-c2ccccc2)c1. The number of hydrogen-bond acceptors (Lipinski definition) is 4. The molecular formula is C23H30N2O4S. The topological polar surface area (TPSA) is 75.7 Å². The van der Waals surface area contributed by atoms with Crippen LogP contribution in [0, 0.1) is 0 Å². The summed E-state index contributed by atoms with van der Waals surface area (Å²) in [4.78, 5) is 14.4. The van der Waals surface area contributed by atoms with Gasteiger partial charge in [-0.3, -0.25) is 0 Å². The van der Waals surface area contributed by atoms with E-state index >= 15 is 0 Å². The first-order valence-corrected chi connectivity index (χ1v) is 12.3. The molecule has 2 atom stereocenters. The number of nitrogens with one attached hydrogen (secondary N) is 1. The number of hydrogen-bond donors (Lipinski definition) is 1. The Morgan fingerprint density at radius 1 is 1.13 bits per heavy atom. The lowest BCUT2D eigenvalue weighted by Crippen LogP contribution is -2.57. The van der Waals surface area contributed by atoms with Crippen molar-refractivity contribution in [3.8, 4) is 11.1 Å². The molecule has 2 aromatic rings. The zero-order valence-corrected chi connectivity index (χ0v) is 18.4. The van der Waals surface area contributed by atoms with Crippen LogP contribution in [0.1, 0.15) is 31.7 Å². The monoisotopic (exact) mass is 430 g/mol. The summed E-state index contributed by atoms with van der Waals surface area (Å²) < 4.78 is 32.0. The molecule has 1 fully saturated rings. The summed E-state index contributed by atoms with van der Waals surface area (Å²) in [5.74, 6) is 0. The second kappa shape index (κ2) is 10.1. The largest absolute Gasteiger partial charge is 0.449 e. The Morgan fingerprint density at radius 2 is 1.87 bits per heavy atom. The van der Waals surface area contributed by atoms with Crippen molar-refractivity contribution in [3.63, 3.8) is 0 Å². The van der Waals surface area contributed by atoms with Gasteiger partial charge in [0.05, 0.1) is 18.9 Å². The molecule has 30 heavy (non-hydrogen) atoms. The second-order valence-electron chi connectivity index (χ2n) is 7.78. The Morgan fingerprint density at radius 3 is 2.57 bits per heavy atom. The van der Waals surface area contributed by atoms with Crippen LogP contribution < -0.4 is 4.72 Å². The van der Waals surface area contributed by atoms with Crippen molar-refractivity contribution >= 4 is 16.1 Å². The van der Waals surface area contributed by atoms with Gasteiger partial charge in [0.2, 0.25) is 10.0 Å². The molecule has 1 amide bonds. The van der Waals surface area contributed by atoms with E-state index in [0.717, 1.165) is 35.8 Å². The summed E-state index contributed by atoms with van der Waals surface area (Å²) in [5, 5.41) is 0. The molecule has 1 aliphatic rings. The molecule has 0 bridgehead atoms. The van der Waals surface area contributed by atoms with Gasteiger partial charge < -0.3 is 9.64 Å². The Balaban J connectivity index is 1.87. The van der Waals surface area contributed by atoms with Crippen LogP contribution in [0.15, 0.2) is 54.6 Å². The van der Waals surface area contributed by atoms with E-state index < -0.39 is 10.0 Å². The van der Waals surface area contributed by atoms with E-state index in [-0.39, 0.29) is 18.2 Å². The first kappa shape index (κ1) is 22.3. The molecule has 1 N–H and O–H groups in total. The van der Waals surface area contributed by atoms with Crippen LogP contribution in [0.25, 0.3) is 11.1 Å². The Bertz CT molecular complexity index is 947. The van der Waals surface area contributed by atoms with Crippen molar-refractivity contribution < 1.29 is 17.9 Å². The minimum Gasteiger partial charge on any atom is -0.449 e. The lowest BCUT2D eigenvalue weighted by Gasteiger charge is -2.40. The van der Waals surface area contributed by atoms with E-state index in [1.807, 2.05) is 37.3 Å². The smallest absolute Gasteiger partial charge is 0.410 e. The van der Waals surface area contributed by atoms with E-state index in [0.29, 0.717) is 26.0 Å². The van der Waals surface area contributed by atoms with E-state index in [1.165, 1.54) is 0 Å². The normalized spacial score (nSPS) is 19.5. The quantitative estimate of drug-likeness (QED) is 0.724. The molecule has 1 heterocycles. The number of likely N-dealkylation sites (tertiary alicyclic amines) is 1. The van der Waals surface area contributed by atoms with Gasteiger partial charge in [0.1, 0.15) is 0 Å². The number of carbonyl (C=O) groups is 1. The predicted octanol–water partition coefficient (Wildman–Crippen LogP) is 3.82. The Hall–Kier alpha value is -2.38. The first-order chi connectivity index (χ1) is 14.4. The van der Waals surface area contributed by atoms with Crippen LogP contribution in [0.4, 0.5) is 4.79 Å². The van der Waals surface area contributed by atoms with Gasteiger partial charge in [-0.1, -0.05) is 61.5 Å². The average Bonchev–Trinajstić information content (AvgIpc) is 2.73. The van der Waals surface area contributed by atoms with Gasteiger partial charge in [-0.2, -0.15) is 0 Å². The summed E-state index contributed by atoms with van der Waals surface area (Å²) >= 11 is 0. The lowest BCUT2D eigenvalue weighted by molar-refractivity contribution is 0.0646. The standard InChI is InChI=1S/C23H30N2O4S/c1-3-15-29-23(26)25-14-8-13-21(24-30(2,27)28)22(25)17-18-9-7-12-20(16-18)19-10-5-4-6-11-19/h4-7,9-12,16,21-22,24H,3,8,13-15,17H2,1-2H3. The number of sulfonamides is 1. The van der Waals surface area contributed by atoms with Gasteiger partial charge in [-0.05, 0) is 42.4 Å². The fourth-order valence-corrected chi connectivity index (χ4v) is 4.80. The van der Waals surface area contributed by atoms with Crippen molar-refractivity contribution in [1.82, 2.24) is 9.62 Å². The number of amides is 1. The molecule has 3 rings (SSSR count). The zero-order chi connectivity index (χ0) is 21.6. The number of nitrogens with zero attached hydrogens (tertiary/aromatic N) is 1. The maximum atomic E-state index is 12.7. The van der Waals surface area contributed by atoms with Crippen molar-refractivity contribution in [2.24, 2.45) is 0 Å². The number of piperidine rings is 1. The van der Waals surface area contributed by atoms with Gasteiger partial charge in [-0.25, -0.2) is 17.9 Å². The third-order valence-corrected chi connectivity index (χ3v) is 6.02. The minimum atomic E-state index is -3.39. The summed E-state index contributed by atoms with van der Waals surface area (Å²) in [7, 11) is -3.39. The van der Waals surface area contributed by atoms with Crippen LogP contribution in [-0.4, -0.2) is 50.9 Å². The fourth-order valence-electron chi connectivity index (χ4n) is 3.97. The maximum Gasteiger partial charge on any atom is 0.410 e. The molecule has 7 heteroatoms. The maximum absolute atomic E-state index is 12.7. The third kappa shape index (κ3) is 6.06. The van der Waals surface area contributed by atoms with Gasteiger partial charge in [-0.15, -0.1) is 0 Å². The van der Waals surface area contributed by atoms with Crippen molar-refractivity contribution in [2.75, 3.05) is 19.4 Å². The van der Waals surface area contributed by atoms with Gasteiger partial charge >= 0.3 is 6.09 Å². The highest BCUT2D eigenvalue weighted by atomic mass is 32.2. The second-order valence-corrected chi connectivity index (χ2v) is 9.56. The molecular weight excluding hydrogens is 400 g/mol. The van der Waals surface area contributed by atoms with Crippen LogP contribution in [0.3, 0.4) is 0 Å². The van der Waals surface area contributed by atoms with Crippen LogP contribution in [0.5, 0.6) is 0 Å². The third-order valence-electron chi connectivity index (χ3n) is 5.29. The highest BCUT2D eigenvalue weighted by Gasteiger charge is 2.36. The molecule has 0 spiro atoms. The molecule has 2 unspecified atom stereocenters. The van der Waals surface area contributed by atoms with E-state index in [2.05, 4.69) is 29.0 Å². The summed E-state index contributed by atoms with van der Waals surface area (Å²) in [5.41, 5.74) is 3.27. The lowest BCUT2D eigenvalue weighted by atomic mass is 9.90. The van der Waals surface area contributed by atoms with Crippen LogP contribution in [0.2, 0.25) is 0 Å². The highest BCUT2D eigenvalue weighted by molar-refractivity contribution is 7.88. The molecule has 1 aliphatic heterocycles. The molecule has 162 valence electrons. The molecule has 0 aliphatic carbocycles. The van der Waals surface area contributed by atoms with Crippen LogP contribution >= 0.6 is 0 Å². The van der Waals surface area contributed by atoms with Crippen molar-refractivity contribution in [1.29, 1.82) is 0 Å². The summed E-state index contributed by atoms with van der Waals surface area (Å²) in [6.45, 7) is 2.87. The predicted molar refractivity (Wildman–Crippen MR) is 119 cm³/mol. The van der Waals surface area contributed by atoms with Crippen molar-refractivity contribution in [2.45, 2.75) is 44.7 Å². The van der Waals surface area contributed by atoms with E-state index in [1.54, 1.807) is 4.90 Å². The van der Waals surface area contributed by atoms with Gasteiger partial charge in [0.15, 0.2) is 0 Å².